The summed E-state index contributed by atoms with van der Waals surface area (Å²) in [5.41, 5.74) is 4.43. The molecular weight excluding hydrogens is 340 g/mol. The Bertz CT molecular complexity index is 586. The monoisotopic (exact) mass is 374 g/mol. The number of hydrogen-bond donors (Lipinski definition) is 2. The predicted octanol–water partition coefficient (Wildman–Crippen LogP) is 0.849. The maximum Gasteiger partial charge on any atom is 0.0642 e. The molecule has 0 aromatic heterocycles. The highest BCUT2D eigenvalue weighted by Crippen LogP contribution is 2.28. The van der Waals surface area contributed by atoms with Crippen molar-refractivity contribution >= 4 is 5.69 Å². The minimum atomic E-state index is 0.517. The zero-order valence-corrected chi connectivity index (χ0v) is 16.4. The smallest absolute Gasteiger partial charge is 0.0642 e. The van der Waals surface area contributed by atoms with E-state index < -0.39 is 0 Å². The van der Waals surface area contributed by atoms with Gasteiger partial charge in [-0.25, -0.2) is 0 Å². The van der Waals surface area contributed by atoms with Crippen LogP contribution < -0.4 is 15.5 Å². The van der Waals surface area contributed by atoms with Gasteiger partial charge in [-0.05, 0) is 43.1 Å². The summed E-state index contributed by atoms with van der Waals surface area (Å²) < 4.78 is 10.9. The third-order valence-corrected chi connectivity index (χ3v) is 5.95. The van der Waals surface area contributed by atoms with E-state index in [1.54, 1.807) is 5.56 Å². The molecular formula is C21H34N4O2. The zero-order chi connectivity index (χ0) is 18.3. The van der Waals surface area contributed by atoms with Gasteiger partial charge in [-0.2, -0.15) is 0 Å². The first kappa shape index (κ1) is 19.2. The summed E-state index contributed by atoms with van der Waals surface area (Å²) in [5, 5.41) is 7.38. The van der Waals surface area contributed by atoms with Crippen molar-refractivity contribution < 1.29 is 9.47 Å². The maximum atomic E-state index is 5.53. The van der Waals surface area contributed by atoms with Crippen LogP contribution in [0, 0.1) is 0 Å². The molecule has 6 heteroatoms. The minimum Gasteiger partial charge on any atom is -0.379 e. The highest BCUT2D eigenvalue weighted by Gasteiger charge is 2.23. The maximum absolute atomic E-state index is 5.53. The summed E-state index contributed by atoms with van der Waals surface area (Å²) in [4.78, 5) is 5.01. The Morgan fingerprint density at radius 2 is 1.81 bits per heavy atom. The van der Waals surface area contributed by atoms with Crippen molar-refractivity contribution in [2.75, 3.05) is 77.1 Å². The number of benzene rings is 1. The molecule has 4 rings (SSSR count). The molecule has 0 aliphatic carbocycles. The van der Waals surface area contributed by atoms with Crippen molar-refractivity contribution in [1.82, 2.24) is 15.5 Å². The molecule has 0 amide bonds. The fourth-order valence-electron chi connectivity index (χ4n) is 4.37. The number of anilines is 1. The van der Waals surface area contributed by atoms with Crippen molar-refractivity contribution in [3.05, 3.63) is 29.3 Å². The van der Waals surface area contributed by atoms with Crippen LogP contribution in [0.1, 0.15) is 17.5 Å². The number of ether oxygens (including phenoxy) is 2. The fraction of sp³-hybridized carbons (Fsp3) is 0.714. The van der Waals surface area contributed by atoms with Crippen molar-refractivity contribution in [2.24, 2.45) is 0 Å². The molecule has 0 spiro atoms. The van der Waals surface area contributed by atoms with Crippen LogP contribution >= 0.6 is 0 Å². The van der Waals surface area contributed by atoms with Crippen LogP contribution in [0.3, 0.4) is 0 Å². The summed E-state index contributed by atoms with van der Waals surface area (Å²) in [6.07, 6.45) is 2.32. The van der Waals surface area contributed by atoms with E-state index in [2.05, 4.69) is 38.6 Å². The molecule has 2 fully saturated rings. The highest BCUT2D eigenvalue weighted by atomic mass is 16.5. The highest BCUT2D eigenvalue weighted by molar-refractivity contribution is 5.58. The molecule has 1 aromatic carbocycles. The lowest BCUT2D eigenvalue weighted by Gasteiger charge is -2.34. The first-order chi connectivity index (χ1) is 13.4. The lowest BCUT2D eigenvalue weighted by Crippen LogP contribution is -2.45. The Labute approximate surface area is 163 Å². The fourth-order valence-corrected chi connectivity index (χ4v) is 4.37. The van der Waals surface area contributed by atoms with E-state index in [1.807, 2.05) is 0 Å². The van der Waals surface area contributed by atoms with Gasteiger partial charge in [-0.15, -0.1) is 0 Å². The molecule has 3 aliphatic rings. The van der Waals surface area contributed by atoms with E-state index in [9.17, 15) is 0 Å². The lowest BCUT2D eigenvalue weighted by atomic mass is 9.93. The average molecular weight is 375 g/mol. The average Bonchev–Trinajstić information content (AvgIpc) is 2.74. The molecule has 0 bridgehead atoms. The van der Waals surface area contributed by atoms with E-state index in [0.717, 1.165) is 78.7 Å². The number of nitrogens with zero attached hydrogens (tertiary/aromatic N) is 2. The Morgan fingerprint density at radius 1 is 1.04 bits per heavy atom. The number of morpholine rings is 2. The first-order valence-electron chi connectivity index (χ1n) is 10.6. The normalized spacial score (nSPS) is 24.0. The van der Waals surface area contributed by atoms with Gasteiger partial charge in [0.1, 0.15) is 0 Å². The van der Waals surface area contributed by atoms with Gasteiger partial charge < -0.3 is 25.0 Å². The lowest BCUT2D eigenvalue weighted by molar-refractivity contribution is 0.0374. The molecule has 27 heavy (non-hydrogen) atoms. The summed E-state index contributed by atoms with van der Waals surface area (Å²) in [7, 11) is 0. The Hall–Kier alpha value is -1.18. The molecule has 1 atom stereocenters. The molecule has 150 valence electrons. The van der Waals surface area contributed by atoms with E-state index in [1.165, 1.54) is 24.2 Å². The molecule has 2 saturated heterocycles. The molecule has 6 nitrogen and oxygen atoms in total. The van der Waals surface area contributed by atoms with Gasteiger partial charge in [0.15, 0.2) is 0 Å². The van der Waals surface area contributed by atoms with Gasteiger partial charge in [0.2, 0.25) is 0 Å². The Morgan fingerprint density at radius 3 is 2.63 bits per heavy atom. The molecule has 2 N–H and O–H groups in total. The van der Waals surface area contributed by atoms with Crippen LogP contribution in [-0.2, 0) is 22.4 Å². The van der Waals surface area contributed by atoms with Crippen molar-refractivity contribution in [3.8, 4) is 0 Å². The Balaban J connectivity index is 1.24. The van der Waals surface area contributed by atoms with Gasteiger partial charge in [0, 0.05) is 51.0 Å². The van der Waals surface area contributed by atoms with E-state index >= 15 is 0 Å². The molecule has 3 aliphatic heterocycles. The summed E-state index contributed by atoms with van der Waals surface area (Å²) >= 11 is 0. The third-order valence-electron chi connectivity index (χ3n) is 5.95. The van der Waals surface area contributed by atoms with Gasteiger partial charge in [-0.3, -0.25) is 4.90 Å². The minimum absolute atomic E-state index is 0.517. The molecule has 1 aromatic rings. The molecule has 3 heterocycles. The van der Waals surface area contributed by atoms with Crippen LogP contribution in [0.15, 0.2) is 18.2 Å². The summed E-state index contributed by atoms with van der Waals surface area (Å²) in [5.74, 6) is 0. The van der Waals surface area contributed by atoms with Gasteiger partial charge >= 0.3 is 0 Å². The third kappa shape index (κ3) is 5.21. The van der Waals surface area contributed by atoms with Crippen LogP contribution in [0.2, 0.25) is 0 Å². The van der Waals surface area contributed by atoms with Gasteiger partial charge in [0.05, 0.1) is 26.4 Å². The second-order valence-electron chi connectivity index (χ2n) is 7.81. The topological polar surface area (TPSA) is 49.0 Å². The van der Waals surface area contributed by atoms with Crippen LogP contribution in [0.5, 0.6) is 0 Å². The molecule has 1 unspecified atom stereocenters. The quantitative estimate of drug-likeness (QED) is 0.690. The second kappa shape index (κ2) is 9.85. The molecule has 0 radical (unpaired) electrons. The largest absolute Gasteiger partial charge is 0.379 e. The second-order valence-corrected chi connectivity index (χ2v) is 7.81. The number of hydrogen-bond acceptors (Lipinski definition) is 6. The predicted molar refractivity (Wildman–Crippen MR) is 109 cm³/mol. The summed E-state index contributed by atoms with van der Waals surface area (Å²) in [6, 6.07) is 7.29. The van der Waals surface area contributed by atoms with Crippen molar-refractivity contribution in [1.29, 1.82) is 0 Å². The van der Waals surface area contributed by atoms with Crippen LogP contribution in [0.25, 0.3) is 0 Å². The zero-order valence-electron chi connectivity index (χ0n) is 16.4. The molecule has 0 saturated carbocycles. The van der Waals surface area contributed by atoms with E-state index in [4.69, 9.17) is 9.47 Å². The summed E-state index contributed by atoms with van der Waals surface area (Å²) in [6.45, 7) is 12.0. The number of nitrogens with one attached hydrogen (secondary N) is 2. The standard InChI is InChI=1S/C21H34N4O2/c1-3-18-16-23-19(17-22-5-2-6-24-7-11-26-12-8-24)15-20(18)21(4-1)25-9-13-27-14-10-25/h1,3-4,19,22-23H,2,5-17H2. The SMILES string of the molecule is c1cc2c(c(N3CCOCC3)c1)CC(CNCCCN1CCOCC1)NC2. The number of fused-ring (bicyclic) bond motifs is 1. The van der Waals surface area contributed by atoms with Crippen molar-refractivity contribution in [2.45, 2.75) is 25.4 Å². The Kier molecular flexibility index (Phi) is 6.98. The van der Waals surface area contributed by atoms with Gasteiger partial charge in [0.25, 0.3) is 0 Å². The van der Waals surface area contributed by atoms with Crippen LogP contribution in [-0.4, -0.2) is 83.2 Å². The van der Waals surface area contributed by atoms with E-state index in [0.29, 0.717) is 6.04 Å². The van der Waals surface area contributed by atoms with E-state index in [-0.39, 0.29) is 0 Å². The van der Waals surface area contributed by atoms with Crippen molar-refractivity contribution in [3.63, 3.8) is 0 Å². The first-order valence-corrected chi connectivity index (χ1v) is 10.6. The van der Waals surface area contributed by atoms with Gasteiger partial charge in [-0.1, -0.05) is 12.1 Å². The van der Waals surface area contributed by atoms with Crippen LogP contribution in [0.4, 0.5) is 5.69 Å². The number of rotatable bonds is 7.